The normalized spacial score (nSPS) is 16.5. The number of carbonyl (C=O) groups excluding carboxylic acids is 2. The molecule has 2 N–H and O–H groups in total. The van der Waals surface area contributed by atoms with Gasteiger partial charge in [-0.3, -0.25) is 15.0 Å². The number of hydrogen-bond acceptors (Lipinski definition) is 5. The molecule has 0 bridgehead atoms. The van der Waals surface area contributed by atoms with Crippen molar-refractivity contribution in [2.75, 3.05) is 26.8 Å². The molecule has 0 radical (unpaired) electrons. The second-order valence-corrected chi connectivity index (χ2v) is 9.93. The summed E-state index contributed by atoms with van der Waals surface area (Å²) in [5, 5.41) is -0.889. The molecular formula is C23H28FN3O5S. The van der Waals surface area contributed by atoms with Gasteiger partial charge >= 0.3 is 0 Å². The molecule has 0 aliphatic carbocycles. The molecule has 2 amide bonds. The van der Waals surface area contributed by atoms with Crippen molar-refractivity contribution >= 4 is 21.8 Å². The minimum absolute atomic E-state index is 0.0186. The van der Waals surface area contributed by atoms with E-state index < -0.39 is 27.0 Å². The summed E-state index contributed by atoms with van der Waals surface area (Å²) in [4.78, 5) is 28.4. The molecule has 2 aromatic carbocycles. The second-order valence-electron chi connectivity index (χ2n) is 7.97. The van der Waals surface area contributed by atoms with Crippen LogP contribution in [-0.2, 0) is 19.6 Å². The van der Waals surface area contributed by atoms with Gasteiger partial charge in [0.15, 0.2) is 0 Å². The van der Waals surface area contributed by atoms with Crippen LogP contribution in [0.15, 0.2) is 42.5 Å². The third kappa shape index (κ3) is 6.16. The Bertz CT molecular complexity index is 1110. The van der Waals surface area contributed by atoms with Crippen LogP contribution >= 0.6 is 0 Å². The highest BCUT2D eigenvalue weighted by molar-refractivity contribution is 7.90. The Morgan fingerprint density at radius 1 is 1.18 bits per heavy atom. The second kappa shape index (κ2) is 10.9. The molecule has 1 saturated heterocycles. The van der Waals surface area contributed by atoms with Gasteiger partial charge in [0.25, 0.3) is 5.91 Å². The number of sulfonamides is 1. The van der Waals surface area contributed by atoms with E-state index in [4.69, 9.17) is 4.74 Å². The number of amides is 2. The summed E-state index contributed by atoms with van der Waals surface area (Å²) in [7, 11) is -2.50. The quantitative estimate of drug-likeness (QED) is 0.568. The van der Waals surface area contributed by atoms with E-state index in [1.54, 1.807) is 13.0 Å². The fraction of sp³-hybridized carbons (Fsp3) is 0.391. The first kappa shape index (κ1) is 24.8. The summed E-state index contributed by atoms with van der Waals surface area (Å²) in [5.74, 6) is -1.81. The van der Waals surface area contributed by atoms with Gasteiger partial charge in [0.1, 0.15) is 5.82 Å². The van der Waals surface area contributed by atoms with Crippen LogP contribution < -0.4 is 10.3 Å². The van der Waals surface area contributed by atoms with Crippen LogP contribution in [0.3, 0.4) is 0 Å². The maximum Gasteiger partial charge on any atom is 0.269 e. The number of nitrogens with one attached hydrogen (secondary N) is 2. The van der Waals surface area contributed by atoms with Gasteiger partial charge in [0.05, 0.1) is 23.8 Å². The number of carbonyl (C=O) groups is 2. The predicted octanol–water partition coefficient (Wildman–Crippen LogP) is 2.39. The van der Waals surface area contributed by atoms with Crippen molar-refractivity contribution in [2.45, 2.75) is 31.4 Å². The molecule has 1 unspecified atom stereocenters. The Morgan fingerprint density at radius 3 is 2.61 bits per heavy atom. The van der Waals surface area contributed by atoms with Crippen molar-refractivity contribution in [1.82, 2.24) is 15.2 Å². The minimum atomic E-state index is -3.99. The van der Waals surface area contributed by atoms with Crippen LogP contribution in [0.4, 0.5) is 4.39 Å². The summed E-state index contributed by atoms with van der Waals surface area (Å²) in [5.41, 5.74) is 3.56. The summed E-state index contributed by atoms with van der Waals surface area (Å²) in [6, 6.07) is 12.2. The maximum atomic E-state index is 14.7. The number of hydrogen-bond donors (Lipinski definition) is 2. The van der Waals surface area contributed by atoms with Crippen LogP contribution in [0.2, 0.25) is 0 Å². The third-order valence-corrected chi connectivity index (χ3v) is 7.25. The fourth-order valence-electron chi connectivity index (χ4n) is 3.77. The van der Waals surface area contributed by atoms with E-state index in [9.17, 15) is 22.4 Å². The van der Waals surface area contributed by atoms with Crippen molar-refractivity contribution in [3.8, 4) is 11.1 Å². The predicted molar refractivity (Wildman–Crippen MR) is 122 cm³/mol. The molecular weight excluding hydrogens is 449 g/mol. The topological polar surface area (TPSA) is 105 Å². The summed E-state index contributed by atoms with van der Waals surface area (Å²) in [6.07, 6.45) is 1.03. The van der Waals surface area contributed by atoms with Crippen LogP contribution in [0.25, 0.3) is 11.1 Å². The molecule has 1 aliphatic heterocycles. The number of methoxy groups -OCH3 is 1. The number of benzene rings is 2. The van der Waals surface area contributed by atoms with Gasteiger partial charge in [0, 0.05) is 20.2 Å². The van der Waals surface area contributed by atoms with Gasteiger partial charge in [-0.1, -0.05) is 30.3 Å². The molecule has 0 saturated carbocycles. The molecule has 178 valence electrons. The number of rotatable bonds is 8. The third-order valence-electron chi connectivity index (χ3n) is 5.60. The number of aryl methyl sites for hydroxylation is 1. The summed E-state index contributed by atoms with van der Waals surface area (Å²) in [6.45, 7) is 2.29. The van der Waals surface area contributed by atoms with Gasteiger partial charge in [0.2, 0.25) is 15.9 Å². The molecule has 8 nitrogen and oxygen atoms in total. The van der Waals surface area contributed by atoms with E-state index in [-0.39, 0.29) is 36.6 Å². The zero-order valence-corrected chi connectivity index (χ0v) is 19.5. The van der Waals surface area contributed by atoms with E-state index >= 15 is 0 Å². The average Bonchev–Trinajstić information content (AvgIpc) is 2.83. The number of nitrogens with zero attached hydrogens (tertiary/aromatic N) is 1. The Morgan fingerprint density at radius 2 is 1.91 bits per heavy atom. The SMILES string of the molecule is COCCC(=O)N1CCCC(S(=O)(=O)NNC(=O)c2cc(-c3ccccc3)cc(C)c2F)C1. The zero-order chi connectivity index (χ0) is 24.0. The molecule has 1 atom stereocenters. The number of halogens is 1. The Labute approximate surface area is 193 Å². The Balaban J connectivity index is 1.70. The largest absolute Gasteiger partial charge is 0.384 e. The van der Waals surface area contributed by atoms with Crippen LogP contribution in [0, 0.1) is 12.7 Å². The van der Waals surface area contributed by atoms with Gasteiger partial charge in [-0.2, -0.15) is 0 Å². The molecule has 1 aliphatic rings. The van der Waals surface area contributed by atoms with Crippen molar-refractivity contribution < 1.29 is 27.1 Å². The van der Waals surface area contributed by atoms with Gasteiger partial charge < -0.3 is 9.64 Å². The van der Waals surface area contributed by atoms with Crippen LogP contribution in [0.1, 0.15) is 35.2 Å². The molecule has 0 spiro atoms. The average molecular weight is 478 g/mol. The molecule has 33 heavy (non-hydrogen) atoms. The highest BCUT2D eigenvalue weighted by atomic mass is 32.2. The lowest BCUT2D eigenvalue weighted by molar-refractivity contribution is -0.132. The summed E-state index contributed by atoms with van der Waals surface area (Å²) < 4.78 is 45.1. The molecule has 1 fully saturated rings. The van der Waals surface area contributed by atoms with Crippen molar-refractivity contribution in [1.29, 1.82) is 0 Å². The van der Waals surface area contributed by atoms with Crippen molar-refractivity contribution in [3.63, 3.8) is 0 Å². The number of piperidine rings is 1. The monoisotopic (exact) mass is 477 g/mol. The van der Waals surface area contributed by atoms with E-state index in [1.165, 1.54) is 18.1 Å². The van der Waals surface area contributed by atoms with Crippen LogP contribution in [0.5, 0.6) is 0 Å². The smallest absolute Gasteiger partial charge is 0.269 e. The van der Waals surface area contributed by atoms with E-state index in [0.29, 0.717) is 24.9 Å². The lowest BCUT2D eigenvalue weighted by Crippen LogP contribution is -2.52. The highest BCUT2D eigenvalue weighted by Crippen LogP contribution is 2.25. The molecule has 1 heterocycles. The van der Waals surface area contributed by atoms with E-state index in [1.807, 2.05) is 30.3 Å². The zero-order valence-electron chi connectivity index (χ0n) is 18.6. The van der Waals surface area contributed by atoms with E-state index in [2.05, 4.69) is 10.3 Å². The maximum absolute atomic E-state index is 14.7. The highest BCUT2D eigenvalue weighted by Gasteiger charge is 2.33. The van der Waals surface area contributed by atoms with E-state index in [0.717, 1.165) is 5.56 Å². The van der Waals surface area contributed by atoms with Gasteiger partial charge in [-0.25, -0.2) is 12.8 Å². The Hall–Kier alpha value is -2.82. The first-order valence-corrected chi connectivity index (χ1v) is 12.2. The fourth-order valence-corrected chi connectivity index (χ4v) is 5.02. The lowest BCUT2D eigenvalue weighted by Gasteiger charge is -2.32. The molecule has 3 rings (SSSR count). The van der Waals surface area contributed by atoms with Gasteiger partial charge in [-0.05, 0) is 48.6 Å². The number of hydrazine groups is 1. The number of ether oxygens (including phenoxy) is 1. The first-order chi connectivity index (χ1) is 15.7. The lowest BCUT2D eigenvalue weighted by atomic mass is 9.99. The number of likely N-dealkylation sites (tertiary alicyclic amines) is 1. The molecule has 10 heteroatoms. The molecule has 0 aromatic heterocycles. The van der Waals surface area contributed by atoms with Crippen LogP contribution in [-0.4, -0.2) is 57.2 Å². The summed E-state index contributed by atoms with van der Waals surface area (Å²) >= 11 is 0. The first-order valence-electron chi connectivity index (χ1n) is 10.7. The van der Waals surface area contributed by atoms with Crippen molar-refractivity contribution in [3.05, 3.63) is 59.4 Å². The van der Waals surface area contributed by atoms with Gasteiger partial charge in [-0.15, -0.1) is 4.83 Å². The standard InChI is InChI=1S/C23H28FN3O5S/c1-16-13-18(17-7-4-3-5-8-17)14-20(22(16)24)23(29)25-26-33(30,31)19-9-6-11-27(15-19)21(28)10-12-32-2/h3-5,7-8,13-14,19,26H,6,9-12,15H2,1-2H3,(H,25,29). The van der Waals surface area contributed by atoms with Crippen molar-refractivity contribution in [2.24, 2.45) is 0 Å². The molecule has 2 aromatic rings. The Kier molecular flexibility index (Phi) is 8.17. The minimum Gasteiger partial charge on any atom is -0.384 e.